The number of benzene rings is 1. The molecular weight excluding hydrogens is 249 g/mol. The first-order valence-electron chi connectivity index (χ1n) is 3.99. The number of hydrogen-bond acceptors (Lipinski definition) is 3. The Morgan fingerprint density at radius 3 is 2.50 bits per heavy atom. The molecule has 16 heavy (non-hydrogen) atoms. The van der Waals surface area contributed by atoms with Gasteiger partial charge >= 0.3 is 5.97 Å². The van der Waals surface area contributed by atoms with Crippen molar-refractivity contribution in [1.29, 1.82) is 0 Å². The Kier molecular flexibility index (Phi) is 3.77. The lowest BCUT2D eigenvalue weighted by Gasteiger charge is -2.11. The minimum atomic E-state index is -2.19. The third-order valence-corrected chi connectivity index (χ3v) is 2.19. The van der Waals surface area contributed by atoms with E-state index in [9.17, 15) is 23.1 Å². The van der Waals surface area contributed by atoms with E-state index in [-0.39, 0.29) is 6.07 Å². The Labute approximate surface area is 93.4 Å². The highest BCUT2D eigenvalue weighted by molar-refractivity contribution is 6.31. The molecule has 0 aliphatic carbocycles. The number of methoxy groups -OCH3 is 1. The molecule has 3 nitrogen and oxygen atoms in total. The van der Waals surface area contributed by atoms with Crippen molar-refractivity contribution in [1.82, 2.24) is 0 Å². The fourth-order valence-corrected chi connectivity index (χ4v) is 1.22. The van der Waals surface area contributed by atoms with E-state index in [1.165, 1.54) is 0 Å². The topological polar surface area (TPSA) is 46.5 Å². The van der Waals surface area contributed by atoms with E-state index >= 15 is 0 Å². The van der Waals surface area contributed by atoms with E-state index in [0.717, 1.165) is 7.11 Å². The van der Waals surface area contributed by atoms with Crippen LogP contribution in [0.3, 0.4) is 0 Å². The van der Waals surface area contributed by atoms with Crippen molar-refractivity contribution in [3.05, 3.63) is 34.1 Å². The predicted octanol–water partition coefficient (Wildman–Crippen LogP) is 1.96. The van der Waals surface area contributed by atoms with E-state index in [4.69, 9.17) is 11.6 Å². The normalized spacial score (nSPS) is 12.4. The lowest BCUT2D eigenvalue weighted by molar-refractivity contribution is -0.151. The fraction of sp³-hybridized carbons (Fsp3) is 0.222. The number of rotatable bonds is 2. The van der Waals surface area contributed by atoms with E-state index < -0.39 is 40.1 Å². The molecule has 0 saturated carbocycles. The van der Waals surface area contributed by atoms with E-state index in [1.54, 1.807) is 0 Å². The number of carbonyl (C=O) groups excluding carboxylic acids is 1. The average molecular weight is 255 g/mol. The summed E-state index contributed by atoms with van der Waals surface area (Å²) in [6.07, 6.45) is -2.19. The molecular formula is C9H6ClF3O3. The first kappa shape index (κ1) is 12.8. The Morgan fingerprint density at radius 2 is 2.00 bits per heavy atom. The number of carbonyl (C=O) groups is 1. The molecule has 0 saturated heterocycles. The molecule has 0 spiro atoms. The van der Waals surface area contributed by atoms with Gasteiger partial charge in [-0.3, -0.25) is 0 Å². The van der Waals surface area contributed by atoms with Crippen LogP contribution in [0.1, 0.15) is 11.7 Å². The summed E-state index contributed by atoms with van der Waals surface area (Å²) < 4.78 is 43.3. The van der Waals surface area contributed by atoms with Crippen LogP contribution in [-0.2, 0) is 9.53 Å². The second-order valence-corrected chi connectivity index (χ2v) is 3.19. The molecule has 7 heteroatoms. The van der Waals surface area contributed by atoms with Gasteiger partial charge in [0.05, 0.1) is 12.7 Å². The number of ether oxygens (including phenoxy) is 1. The smallest absolute Gasteiger partial charge is 0.339 e. The van der Waals surface area contributed by atoms with E-state index in [0.29, 0.717) is 0 Å². The third-order valence-electron chi connectivity index (χ3n) is 1.85. The number of aliphatic hydroxyl groups excluding tert-OH is 1. The second kappa shape index (κ2) is 4.71. The minimum absolute atomic E-state index is 0.271. The summed E-state index contributed by atoms with van der Waals surface area (Å²) in [7, 11) is 0.923. The molecule has 0 heterocycles. The molecule has 1 atom stereocenters. The largest absolute Gasteiger partial charge is 0.467 e. The Balaban J connectivity index is 3.34. The Morgan fingerprint density at radius 1 is 1.44 bits per heavy atom. The zero-order valence-corrected chi connectivity index (χ0v) is 8.69. The number of esters is 1. The molecule has 0 aromatic heterocycles. The molecule has 0 aliphatic rings. The van der Waals surface area contributed by atoms with Gasteiger partial charge in [-0.1, -0.05) is 11.6 Å². The van der Waals surface area contributed by atoms with Crippen LogP contribution in [0.15, 0.2) is 6.07 Å². The predicted molar refractivity (Wildman–Crippen MR) is 48.3 cm³/mol. The standard InChI is InChI=1S/C9H6ClF3O3/c1-16-9(15)8(14)5-3(11)2-4(12)6(10)7(5)13/h2,8,14H,1H3. The monoisotopic (exact) mass is 254 g/mol. The molecule has 1 aromatic carbocycles. The second-order valence-electron chi connectivity index (χ2n) is 2.81. The van der Waals surface area contributed by atoms with E-state index in [1.807, 2.05) is 0 Å². The molecule has 0 bridgehead atoms. The van der Waals surface area contributed by atoms with Gasteiger partial charge in [0, 0.05) is 6.07 Å². The van der Waals surface area contributed by atoms with Crippen LogP contribution in [0.25, 0.3) is 0 Å². The minimum Gasteiger partial charge on any atom is -0.467 e. The Hall–Kier alpha value is -1.27. The van der Waals surface area contributed by atoms with Gasteiger partial charge < -0.3 is 9.84 Å². The number of hydrogen-bond donors (Lipinski definition) is 1. The quantitative estimate of drug-likeness (QED) is 0.499. The van der Waals surface area contributed by atoms with Crippen LogP contribution in [0, 0.1) is 17.5 Å². The van der Waals surface area contributed by atoms with Crippen molar-refractivity contribution < 1.29 is 27.8 Å². The lowest BCUT2D eigenvalue weighted by Crippen LogP contribution is -2.17. The van der Waals surface area contributed by atoms with Gasteiger partial charge in [0.2, 0.25) is 0 Å². The van der Waals surface area contributed by atoms with Crippen molar-refractivity contribution in [3.63, 3.8) is 0 Å². The summed E-state index contributed by atoms with van der Waals surface area (Å²) in [6, 6.07) is 0.271. The van der Waals surface area contributed by atoms with Crippen LogP contribution in [0.4, 0.5) is 13.2 Å². The fourth-order valence-electron chi connectivity index (χ4n) is 1.06. The van der Waals surface area contributed by atoms with Gasteiger partial charge in [0.1, 0.15) is 16.7 Å². The summed E-state index contributed by atoms with van der Waals surface area (Å²) >= 11 is 5.17. The summed E-state index contributed by atoms with van der Waals surface area (Å²) in [4.78, 5) is 10.9. The van der Waals surface area contributed by atoms with Crippen LogP contribution in [0.2, 0.25) is 5.02 Å². The van der Waals surface area contributed by atoms with Crippen molar-refractivity contribution in [2.45, 2.75) is 6.10 Å². The molecule has 0 amide bonds. The van der Waals surface area contributed by atoms with Crippen LogP contribution < -0.4 is 0 Å². The maximum absolute atomic E-state index is 13.3. The van der Waals surface area contributed by atoms with E-state index in [2.05, 4.69) is 4.74 Å². The zero-order chi connectivity index (χ0) is 12.5. The summed E-state index contributed by atoms with van der Waals surface area (Å²) in [5.74, 6) is -5.55. The van der Waals surface area contributed by atoms with Crippen LogP contribution >= 0.6 is 11.6 Å². The SMILES string of the molecule is COC(=O)C(O)c1c(F)cc(F)c(Cl)c1F. The molecule has 1 N–H and O–H groups in total. The summed E-state index contributed by atoms with van der Waals surface area (Å²) in [6.45, 7) is 0. The first-order valence-corrected chi connectivity index (χ1v) is 4.36. The highest BCUT2D eigenvalue weighted by atomic mass is 35.5. The molecule has 1 unspecified atom stereocenters. The number of aliphatic hydroxyl groups is 1. The van der Waals surface area contributed by atoms with Gasteiger partial charge in [0.25, 0.3) is 0 Å². The summed E-state index contributed by atoms with van der Waals surface area (Å²) in [5.41, 5.74) is -1.04. The average Bonchev–Trinajstić information content (AvgIpc) is 2.24. The van der Waals surface area contributed by atoms with Crippen LogP contribution in [-0.4, -0.2) is 18.2 Å². The van der Waals surface area contributed by atoms with Gasteiger partial charge in [-0.2, -0.15) is 0 Å². The highest BCUT2D eigenvalue weighted by Gasteiger charge is 2.28. The molecule has 0 radical (unpaired) electrons. The van der Waals surface area contributed by atoms with Crippen molar-refractivity contribution in [3.8, 4) is 0 Å². The van der Waals surface area contributed by atoms with Crippen molar-refractivity contribution in [2.75, 3.05) is 7.11 Å². The van der Waals surface area contributed by atoms with Crippen molar-refractivity contribution in [2.24, 2.45) is 0 Å². The lowest BCUT2D eigenvalue weighted by atomic mass is 10.1. The molecule has 1 rings (SSSR count). The summed E-state index contributed by atoms with van der Waals surface area (Å²) in [5, 5.41) is 8.23. The molecule has 1 aromatic rings. The molecule has 0 fully saturated rings. The molecule has 88 valence electrons. The van der Waals surface area contributed by atoms with Gasteiger partial charge in [-0.15, -0.1) is 0 Å². The van der Waals surface area contributed by atoms with Crippen LogP contribution in [0.5, 0.6) is 0 Å². The maximum Gasteiger partial charge on any atom is 0.339 e. The van der Waals surface area contributed by atoms with Gasteiger partial charge in [0.15, 0.2) is 11.9 Å². The Bertz CT molecular complexity index is 436. The third kappa shape index (κ3) is 2.12. The highest BCUT2D eigenvalue weighted by Crippen LogP contribution is 2.29. The first-order chi connectivity index (χ1) is 7.40. The zero-order valence-electron chi connectivity index (χ0n) is 7.93. The molecule has 0 aliphatic heterocycles. The number of halogens is 4. The maximum atomic E-state index is 13.3. The van der Waals surface area contributed by atoms with Gasteiger partial charge in [-0.05, 0) is 0 Å². The van der Waals surface area contributed by atoms with Gasteiger partial charge in [-0.25, -0.2) is 18.0 Å². The van der Waals surface area contributed by atoms with Crippen molar-refractivity contribution >= 4 is 17.6 Å².